The van der Waals surface area contributed by atoms with Gasteiger partial charge in [0.1, 0.15) is 0 Å². The third kappa shape index (κ3) is 2.99. The first-order valence-corrected chi connectivity index (χ1v) is 4.28. The number of aryl methyl sites for hydroxylation is 1. The number of carbonyl (C=O) groups is 1. The van der Waals surface area contributed by atoms with Crippen LogP contribution in [0.4, 0.5) is 0 Å². The lowest BCUT2D eigenvalue weighted by Crippen LogP contribution is -1.95. The molecule has 1 heterocycles. The highest BCUT2D eigenvalue weighted by molar-refractivity contribution is 5.89. The van der Waals surface area contributed by atoms with Crippen molar-refractivity contribution < 1.29 is 14.3 Å². The number of esters is 1. The van der Waals surface area contributed by atoms with E-state index in [-0.39, 0.29) is 0 Å². The lowest BCUT2D eigenvalue weighted by Gasteiger charge is -2.00. The molecule has 0 saturated heterocycles. The van der Waals surface area contributed by atoms with Gasteiger partial charge in [-0.2, -0.15) is 0 Å². The first-order valence-electron chi connectivity index (χ1n) is 4.28. The minimum absolute atomic E-state index is 0.524. The Hall–Kier alpha value is -2.02. The average Bonchev–Trinajstić information content (AvgIpc) is 2.26. The molecule has 0 radical (unpaired) electrons. The van der Waals surface area contributed by atoms with Crippen LogP contribution in [0.1, 0.15) is 11.1 Å². The van der Waals surface area contributed by atoms with Crippen molar-refractivity contribution in [2.24, 2.45) is 0 Å². The van der Waals surface area contributed by atoms with Gasteiger partial charge in [0.2, 0.25) is 5.88 Å². The number of pyridine rings is 1. The second kappa shape index (κ2) is 5.01. The summed E-state index contributed by atoms with van der Waals surface area (Å²) in [5.41, 5.74) is 1.58. The van der Waals surface area contributed by atoms with Crippen molar-refractivity contribution in [3.8, 4) is 17.7 Å². The van der Waals surface area contributed by atoms with Gasteiger partial charge in [0, 0.05) is 23.7 Å². The Bertz CT molecular complexity index is 429. The fourth-order valence-electron chi connectivity index (χ4n) is 0.942. The molecule has 0 atom stereocenters. The minimum atomic E-state index is -0.565. The normalized spacial score (nSPS) is 8.73. The molecule has 0 N–H and O–H groups in total. The molecule has 78 valence electrons. The smallest absolute Gasteiger partial charge is 0.384 e. The Morgan fingerprint density at radius 2 is 2.20 bits per heavy atom. The summed E-state index contributed by atoms with van der Waals surface area (Å²) in [7, 11) is 2.83. The Morgan fingerprint density at radius 1 is 1.47 bits per heavy atom. The molecule has 1 rings (SSSR count). The number of nitrogens with zero attached hydrogens (tertiary/aromatic N) is 1. The molecule has 0 unspecified atom stereocenters. The van der Waals surface area contributed by atoms with Crippen molar-refractivity contribution in [1.82, 2.24) is 4.98 Å². The number of carbonyl (C=O) groups excluding carboxylic acids is 1. The van der Waals surface area contributed by atoms with Crippen molar-refractivity contribution >= 4 is 5.97 Å². The van der Waals surface area contributed by atoms with Crippen LogP contribution >= 0.6 is 0 Å². The van der Waals surface area contributed by atoms with Crippen LogP contribution in [0, 0.1) is 18.8 Å². The van der Waals surface area contributed by atoms with Gasteiger partial charge in [-0.15, -0.1) is 0 Å². The highest BCUT2D eigenvalue weighted by atomic mass is 16.5. The lowest BCUT2D eigenvalue weighted by molar-refractivity contribution is -0.133. The number of aromatic nitrogens is 1. The van der Waals surface area contributed by atoms with Crippen molar-refractivity contribution in [2.45, 2.75) is 6.92 Å². The Kier molecular flexibility index (Phi) is 3.69. The van der Waals surface area contributed by atoms with E-state index in [1.807, 2.05) is 6.92 Å². The molecule has 4 nitrogen and oxygen atoms in total. The molecular formula is C11H11NO3. The molecule has 0 spiro atoms. The molecule has 0 saturated carbocycles. The first-order chi connectivity index (χ1) is 7.17. The summed E-state index contributed by atoms with van der Waals surface area (Å²) in [6.07, 6.45) is 1.56. The molecule has 0 fully saturated rings. The van der Waals surface area contributed by atoms with Gasteiger partial charge in [-0.1, -0.05) is 5.92 Å². The fourth-order valence-corrected chi connectivity index (χ4v) is 0.942. The van der Waals surface area contributed by atoms with Crippen LogP contribution in [0.3, 0.4) is 0 Å². The van der Waals surface area contributed by atoms with Gasteiger partial charge in [-0.25, -0.2) is 9.78 Å². The highest BCUT2D eigenvalue weighted by Gasteiger charge is 1.99. The summed E-state index contributed by atoms with van der Waals surface area (Å²) < 4.78 is 9.34. The van der Waals surface area contributed by atoms with E-state index in [0.29, 0.717) is 11.4 Å². The summed E-state index contributed by atoms with van der Waals surface area (Å²) in [4.78, 5) is 14.8. The van der Waals surface area contributed by atoms with Gasteiger partial charge in [0.25, 0.3) is 0 Å². The van der Waals surface area contributed by atoms with Gasteiger partial charge in [-0.3, -0.25) is 0 Å². The molecule has 0 aliphatic heterocycles. The Labute approximate surface area is 88.2 Å². The molecule has 1 aromatic heterocycles. The molecule has 4 heteroatoms. The zero-order chi connectivity index (χ0) is 11.3. The summed E-state index contributed by atoms with van der Waals surface area (Å²) in [5, 5.41) is 0. The maximum absolute atomic E-state index is 10.8. The molecule has 1 aromatic rings. The predicted octanol–water partition coefficient (Wildman–Crippen LogP) is 0.923. The standard InChI is InChI=1S/C11H11NO3/c1-8-6-10(14-2)12-7-9(8)4-5-11(13)15-3/h6-7H,1-3H3. The van der Waals surface area contributed by atoms with E-state index in [4.69, 9.17) is 4.74 Å². The van der Waals surface area contributed by atoms with Crippen LogP contribution in [0.15, 0.2) is 12.3 Å². The maximum Gasteiger partial charge on any atom is 0.384 e. The van der Waals surface area contributed by atoms with Gasteiger partial charge >= 0.3 is 5.97 Å². The molecule has 0 bridgehead atoms. The van der Waals surface area contributed by atoms with E-state index < -0.39 is 5.97 Å². The van der Waals surface area contributed by atoms with E-state index >= 15 is 0 Å². The van der Waals surface area contributed by atoms with Crippen molar-refractivity contribution in [1.29, 1.82) is 0 Å². The molecule has 0 aliphatic rings. The van der Waals surface area contributed by atoms with E-state index in [1.165, 1.54) is 7.11 Å². The molecular weight excluding hydrogens is 194 g/mol. The third-order valence-electron chi connectivity index (χ3n) is 1.78. The molecule has 15 heavy (non-hydrogen) atoms. The number of rotatable bonds is 1. The topological polar surface area (TPSA) is 48.4 Å². The van der Waals surface area contributed by atoms with Crippen molar-refractivity contribution in [3.05, 3.63) is 23.4 Å². The second-order valence-corrected chi connectivity index (χ2v) is 2.78. The lowest BCUT2D eigenvalue weighted by atomic mass is 10.2. The highest BCUT2D eigenvalue weighted by Crippen LogP contribution is 2.11. The van der Waals surface area contributed by atoms with Crippen molar-refractivity contribution in [2.75, 3.05) is 14.2 Å². The number of ether oxygens (including phenoxy) is 2. The minimum Gasteiger partial charge on any atom is -0.481 e. The quantitative estimate of drug-likeness (QED) is 0.505. The van der Waals surface area contributed by atoms with E-state index in [0.717, 1.165) is 5.56 Å². The van der Waals surface area contributed by atoms with Crippen LogP contribution in [0.25, 0.3) is 0 Å². The largest absolute Gasteiger partial charge is 0.481 e. The Morgan fingerprint density at radius 3 is 2.73 bits per heavy atom. The van der Waals surface area contributed by atoms with Crippen LogP contribution in [0.5, 0.6) is 5.88 Å². The predicted molar refractivity (Wildman–Crippen MR) is 54.4 cm³/mol. The SMILES string of the molecule is COC(=O)C#Cc1cnc(OC)cc1C. The second-order valence-electron chi connectivity index (χ2n) is 2.78. The van der Waals surface area contributed by atoms with Crippen LogP contribution in [0.2, 0.25) is 0 Å². The van der Waals surface area contributed by atoms with E-state index in [1.54, 1.807) is 19.4 Å². The Balaban J connectivity index is 2.95. The van der Waals surface area contributed by atoms with Gasteiger partial charge in [-0.05, 0) is 12.5 Å². The molecule has 0 amide bonds. The zero-order valence-corrected chi connectivity index (χ0v) is 8.83. The number of methoxy groups -OCH3 is 2. The van der Waals surface area contributed by atoms with Crippen molar-refractivity contribution in [3.63, 3.8) is 0 Å². The summed E-state index contributed by atoms with van der Waals surface area (Å²) in [5.74, 6) is 4.97. The summed E-state index contributed by atoms with van der Waals surface area (Å²) in [6, 6.07) is 1.75. The number of hydrogen-bond donors (Lipinski definition) is 0. The third-order valence-corrected chi connectivity index (χ3v) is 1.78. The summed E-state index contributed by atoms with van der Waals surface area (Å²) >= 11 is 0. The monoisotopic (exact) mass is 205 g/mol. The van der Waals surface area contributed by atoms with Crippen LogP contribution in [-0.2, 0) is 9.53 Å². The molecule has 0 aromatic carbocycles. The number of hydrogen-bond acceptors (Lipinski definition) is 4. The fraction of sp³-hybridized carbons (Fsp3) is 0.273. The van der Waals surface area contributed by atoms with E-state index in [9.17, 15) is 4.79 Å². The van der Waals surface area contributed by atoms with Crippen LogP contribution in [-0.4, -0.2) is 25.2 Å². The van der Waals surface area contributed by atoms with Gasteiger partial charge in [0.15, 0.2) is 0 Å². The first kappa shape index (κ1) is 11.1. The molecule has 0 aliphatic carbocycles. The maximum atomic E-state index is 10.8. The van der Waals surface area contributed by atoms with E-state index in [2.05, 4.69) is 21.6 Å². The summed E-state index contributed by atoms with van der Waals surface area (Å²) in [6.45, 7) is 1.87. The van der Waals surface area contributed by atoms with Crippen LogP contribution < -0.4 is 4.74 Å². The van der Waals surface area contributed by atoms with Gasteiger partial charge < -0.3 is 9.47 Å². The van der Waals surface area contributed by atoms with Gasteiger partial charge in [0.05, 0.1) is 14.2 Å². The zero-order valence-electron chi connectivity index (χ0n) is 8.83. The average molecular weight is 205 g/mol.